The first-order chi connectivity index (χ1) is 16.1. The summed E-state index contributed by atoms with van der Waals surface area (Å²) in [6.07, 6.45) is 3.81. The number of fused-ring (bicyclic) bond motifs is 2. The maximum absolute atomic E-state index is 13.5. The highest BCUT2D eigenvalue weighted by Gasteiger charge is 2.18. The molecular formula is C26H23FN4O2. The lowest BCUT2D eigenvalue weighted by Gasteiger charge is -2.20. The fourth-order valence-corrected chi connectivity index (χ4v) is 4.13. The van der Waals surface area contributed by atoms with E-state index in [2.05, 4.69) is 15.3 Å². The molecule has 2 N–H and O–H groups in total. The van der Waals surface area contributed by atoms with Gasteiger partial charge in [0.25, 0.3) is 0 Å². The van der Waals surface area contributed by atoms with Gasteiger partial charge in [0.1, 0.15) is 11.6 Å². The lowest BCUT2D eigenvalue weighted by molar-refractivity contribution is -0.121. The number of aromatic amines is 1. The summed E-state index contributed by atoms with van der Waals surface area (Å²) < 4.78 is 20.9. The fourth-order valence-electron chi connectivity index (χ4n) is 4.13. The zero-order valence-corrected chi connectivity index (χ0v) is 18.1. The van der Waals surface area contributed by atoms with Crippen LogP contribution in [0.25, 0.3) is 21.9 Å². The van der Waals surface area contributed by atoms with Crippen molar-refractivity contribution < 1.29 is 13.9 Å². The molecule has 0 saturated carbocycles. The number of carbonyl (C=O) groups excluding carboxylic acids is 1. The molecule has 0 aliphatic heterocycles. The smallest absolute Gasteiger partial charge is 0.225 e. The van der Waals surface area contributed by atoms with Crippen molar-refractivity contribution in [2.45, 2.75) is 19.0 Å². The van der Waals surface area contributed by atoms with E-state index in [1.54, 1.807) is 25.6 Å². The van der Waals surface area contributed by atoms with Gasteiger partial charge >= 0.3 is 0 Å². The molecule has 1 atom stereocenters. The van der Waals surface area contributed by atoms with Crippen LogP contribution in [0.3, 0.4) is 0 Å². The number of ether oxygens (including phenoxy) is 1. The van der Waals surface area contributed by atoms with Gasteiger partial charge in [-0.15, -0.1) is 0 Å². The summed E-state index contributed by atoms with van der Waals surface area (Å²) in [7, 11) is 1.62. The highest BCUT2D eigenvalue weighted by Crippen LogP contribution is 2.25. The van der Waals surface area contributed by atoms with E-state index in [1.165, 1.54) is 12.1 Å². The lowest BCUT2D eigenvalue weighted by Crippen LogP contribution is -2.32. The molecule has 6 nitrogen and oxygen atoms in total. The molecule has 2 aromatic heterocycles. The van der Waals surface area contributed by atoms with Crippen molar-refractivity contribution in [2.75, 3.05) is 7.11 Å². The Balaban J connectivity index is 1.41. The molecule has 5 aromatic rings. The number of amides is 1. The number of hydrogen-bond donors (Lipinski definition) is 2. The van der Waals surface area contributed by atoms with Gasteiger partial charge < -0.3 is 19.6 Å². The van der Waals surface area contributed by atoms with Gasteiger partial charge in [0.2, 0.25) is 5.91 Å². The SMILES string of the molecule is COc1ccc2[nH]cc(CC(=O)NC(Cn3cnc4ccccc43)c3ccc(F)cc3)c2c1. The summed E-state index contributed by atoms with van der Waals surface area (Å²) in [6, 6.07) is 19.4. The van der Waals surface area contributed by atoms with Crippen molar-refractivity contribution in [2.24, 2.45) is 0 Å². The topological polar surface area (TPSA) is 71.9 Å². The summed E-state index contributed by atoms with van der Waals surface area (Å²) in [5, 5.41) is 4.08. The number of halogens is 1. The second-order valence-electron chi connectivity index (χ2n) is 7.96. The number of imidazole rings is 1. The molecule has 1 amide bonds. The largest absolute Gasteiger partial charge is 0.497 e. The molecule has 0 spiro atoms. The number of nitrogens with zero attached hydrogens (tertiary/aromatic N) is 2. The number of nitrogens with one attached hydrogen (secondary N) is 2. The van der Waals surface area contributed by atoms with Gasteiger partial charge in [-0.3, -0.25) is 4.79 Å². The Morgan fingerprint density at radius 2 is 1.97 bits per heavy atom. The third-order valence-corrected chi connectivity index (χ3v) is 5.84. The van der Waals surface area contributed by atoms with E-state index >= 15 is 0 Å². The molecule has 5 rings (SSSR count). The van der Waals surface area contributed by atoms with E-state index in [0.29, 0.717) is 6.54 Å². The summed E-state index contributed by atoms with van der Waals surface area (Å²) in [4.78, 5) is 20.7. The first kappa shape index (κ1) is 20.8. The van der Waals surface area contributed by atoms with E-state index in [1.807, 2.05) is 53.2 Å². The quantitative estimate of drug-likeness (QED) is 0.382. The van der Waals surface area contributed by atoms with Gasteiger partial charge in [-0.25, -0.2) is 9.37 Å². The number of hydrogen-bond acceptors (Lipinski definition) is 3. The summed E-state index contributed by atoms with van der Waals surface area (Å²) >= 11 is 0. The highest BCUT2D eigenvalue weighted by molar-refractivity contribution is 5.90. The Morgan fingerprint density at radius 1 is 1.15 bits per heavy atom. The molecular weight excluding hydrogens is 419 g/mol. The molecule has 1 unspecified atom stereocenters. The Morgan fingerprint density at radius 3 is 2.79 bits per heavy atom. The van der Waals surface area contributed by atoms with Gasteiger partial charge in [-0.1, -0.05) is 24.3 Å². The third kappa shape index (κ3) is 4.30. The van der Waals surface area contributed by atoms with Crippen molar-refractivity contribution in [3.05, 3.63) is 96.2 Å². The first-order valence-corrected chi connectivity index (χ1v) is 10.7. The molecule has 0 aliphatic carbocycles. The van der Waals surface area contributed by atoms with Gasteiger partial charge in [-0.2, -0.15) is 0 Å². The molecule has 0 fully saturated rings. The molecule has 7 heteroatoms. The van der Waals surface area contributed by atoms with E-state index in [-0.39, 0.29) is 24.2 Å². The van der Waals surface area contributed by atoms with Crippen LogP contribution in [0.2, 0.25) is 0 Å². The van der Waals surface area contributed by atoms with Crippen LogP contribution in [-0.2, 0) is 17.8 Å². The second-order valence-corrected chi connectivity index (χ2v) is 7.96. The maximum atomic E-state index is 13.5. The van der Waals surface area contributed by atoms with Crippen LogP contribution in [-0.4, -0.2) is 27.6 Å². The molecule has 0 aliphatic rings. The van der Waals surface area contributed by atoms with Gasteiger partial charge in [0.15, 0.2) is 0 Å². The molecule has 166 valence electrons. The van der Waals surface area contributed by atoms with Crippen LogP contribution in [0, 0.1) is 5.82 Å². The van der Waals surface area contributed by atoms with Crippen molar-refractivity contribution in [3.63, 3.8) is 0 Å². The van der Waals surface area contributed by atoms with Gasteiger partial charge in [0, 0.05) is 23.6 Å². The number of aromatic nitrogens is 3. The van der Waals surface area contributed by atoms with Crippen molar-refractivity contribution in [3.8, 4) is 5.75 Å². The van der Waals surface area contributed by atoms with E-state index in [4.69, 9.17) is 4.74 Å². The minimum Gasteiger partial charge on any atom is -0.497 e. The predicted molar refractivity (Wildman–Crippen MR) is 126 cm³/mol. The Hall–Kier alpha value is -4.13. The number of H-pyrrole nitrogens is 1. The third-order valence-electron chi connectivity index (χ3n) is 5.84. The molecule has 3 aromatic carbocycles. The number of carbonyl (C=O) groups is 1. The molecule has 0 radical (unpaired) electrons. The minimum absolute atomic E-state index is 0.127. The highest BCUT2D eigenvalue weighted by atomic mass is 19.1. The molecule has 33 heavy (non-hydrogen) atoms. The molecule has 2 heterocycles. The average molecular weight is 442 g/mol. The molecule has 0 saturated heterocycles. The summed E-state index contributed by atoms with van der Waals surface area (Å²) in [5.74, 6) is 0.294. The predicted octanol–water partition coefficient (Wildman–Crippen LogP) is 4.77. The number of methoxy groups -OCH3 is 1. The normalized spacial score (nSPS) is 12.2. The standard InChI is InChI=1S/C26H23FN4O2/c1-33-20-10-11-22-21(13-20)18(14-28-22)12-26(32)30-24(17-6-8-19(27)9-7-17)15-31-16-29-23-4-2-3-5-25(23)31/h2-11,13-14,16,24,28H,12,15H2,1H3,(H,30,32). The summed E-state index contributed by atoms with van der Waals surface area (Å²) in [5.41, 5.74) is 4.51. The summed E-state index contributed by atoms with van der Waals surface area (Å²) in [6.45, 7) is 0.472. The van der Waals surface area contributed by atoms with Crippen LogP contribution in [0.5, 0.6) is 5.75 Å². The van der Waals surface area contributed by atoms with E-state index in [0.717, 1.165) is 38.8 Å². The van der Waals surface area contributed by atoms with Gasteiger partial charge in [-0.05, 0) is 53.6 Å². The van der Waals surface area contributed by atoms with Crippen molar-refractivity contribution >= 4 is 27.8 Å². The molecule has 0 bridgehead atoms. The van der Waals surface area contributed by atoms with Crippen molar-refractivity contribution in [1.29, 1.82) is 0 Å². The van der Waals surface area contributed by atoms with Crippen LogP contribution in [0.15, 0.2) is 79.3 Å². The average Bonchev–Trinajstić information content (AvgIpc) is 3.43. The van der Waals surface area contributed by atoms with E-state index in [9.17, 15) is 9.18 Å². The van der Waals surface area contributed by atoms with Crippen molar-refractivity contribution in [1.82, 2.24) is 19.9 Å². The Kier molecular flexibility index (Phi) is 5.52. The first-order valence-electron chi connectivity index (χ1n) is 10.7. The Bertz CT molecular complexity index is 1420. The number of benzene rings is 3. The maximum Gasteiger partial charge on any atom is 0.225 e. The number of para-hydroxylation sites is 2. The monoisotopic (exact) mass is 442 g/mol. The van der Waals surface area contributed by atoms with Gasteiger partial charge in [0.05, 0.1) is 36.9 Å². The van der Waals surface area contributed by atoms with Crippen LogP contribution in [0.4, 0.5) is 4.39 Å². The lowest BCUT2D eigenvalue weighted by atomic mass is 10.1. The minimum atomic E-state index is -0.351. The van der Waals surface area contributed by atoms with Crippen LogP contribution < -0.4 is 10.1 Å². The zero-order chi connectivity index (χ0) is 22.8. The van der Waals surface area contributed by atoms with Crippen LogP contribution >= 0.6 is 0 Å². The van der Waals surface area contributed by atoms with E-state index < -0.39 is 0 Å². The second kappa shape index (κ2) is 8.78. The Labute approximate surface area is 190 Å². The number of rotatable bonds is 7. The fraction of sp³-hybridized carbons (Fsp3) is 0.154. The zero-order valence-electron chi connectivity index (χ0n) is 18.1. The van der Waals surface area contributed by atoms with Crippen LogP contribution in [0.1, 0.15) is 17.2 Å².